The highest BCUT2D eigenvalue weighted by atomic mass is 16.5. The van der Waals surface area contributed by atoms with Gasteiger partial charge in [0.05, 0.1) is 0 Å². The summed E-state index contributed by atoms with van der Waals surface area (Å²) in [6.45, 7) is 5.72. The van der Waals surface area contributed by atoms with Gasteiger partial charge in [-0.2, -0.15) is 10.2 Å². The second-order valence-corrected chi connectivity index (χ2v) is 7.92. The Hall–Kier alpha value is -4.70. The van der Waals surface area contributed by atoms with E-state index in [1.165, 1.54) is 10.5 Å². The van der Waals surface area contributed by atoms with E-state index < -0.39 is 11.5 Å². The monoisotopic (exact) mass is 450 g/mol. The number of carbonyl (C=O) groups is 1. The Morgan fingerprint density at radius 2 is 1.79 bits per heavy atom. The molecule has 0 saturated carbocycles. The minimum absolute atomic E-state index is 0.00283. The van der Waals surface area contributed by atoms with Crippen LogP contribution < -0.4 is 15.6 Å². The molecular formula is C27H22N4O3. The van der Waals surface area contributed by atoms with E-state index in [-0.39, 0.29) is 17.0 Å². The highest BCUT2D eigenvalue weighted by Crippen LogP contribution is 2.25. The van der Waals surface area contributed by atoms with E-state index >= 15 is 0 Å². The number of pyridine rings is 1. The zero-order valence-electron chi connectivity index (χ0n) is 19.0. The molecule has 4 aromatic rings. The molecule has 0 fully saturated rings. The summed E-state index contributed by atoms with van der Waals surface area (Å²) < 4.78 is 7.26. The van der Waals surface area contributed by atoms with Gasteiger partial charge >= 0.3 is 0 Å². The number of aryl methyl sites for hydroxylation is 3. The van der Waals surface area contributed by atoms with Crippen molar-refractivity contribution in [2.24, 2.45) is 0 Å². The van der Waals surface area contributed by atoms with E-state index in [0.29, 0.717) is 17.1 Å². The fourth-order valence-corrected chi connectivity index (χ4v) is 3.35. The Kier molecular flexibility index (Phi) is 6.24. The molecule has 34 heavy (non-hydrogen) atoms. The molecule has 2 aromatic heterocycles. The van der Waals surface area contributed by atoms with Gasteiger partial charge in [-0.1, -0.05) is 35.9 Å². The lowest BCUT2D eigenvalue weighted by molar-refractivity contribution is -0.112. The van der Waals surface area contributed by atoms with Crippen LogP contribution in [0.25, 0.3) is 11.7 Å². The normalized spacial score (nSPS) is 11.2. The summed E-state index contributed by atoms with van der Waals surface area (Å²) in [6.07, 6.45) is 2.79. The molecular weight excluding hydrogens is 428 g/mol. The number of fused-ring (bicyclic) bond motifs is 1. The second-order valence-electron chi connectivity index (χ2n) is 7.92. The second kappa shape index (κ2) is 9.43. The van der Waals surface area contributed by atoms with Gasteiger partial charge in [-0.05, 0) is 68.3 Å². The van der Waals surface area contributed by atoms with Crippen LogP contribution in [0.5, 0.6) is 11.6 Å². The van der Waals surface area contributed by atoms with Crippen molar-refractivity contribution >= 4 is 23.3 Å². The quantitative estimate of drug-likeness (QED) is 0.342. The van der Waals surface area contributed by atoms with Crippen molar-refractivity contribution in [3.05, 3.63) is 105 Å². The molecule has 0 aliphatic rings. The van der Waals surface area contributed by atoms with Gasteiger partial charge in [0.2, 0.25) is 5.88 Å². The summed E-state index contributed by atoms with van der Waals surface area (Å²) in [7, 11) is 0. The number of nitrogens with zero attached hydrogens (tertiary/aromatic N) is 3. The first-order valence-corrected chi connectivity index (χ1v) is 10.6. The zero-order valence-corrected chi connectivity index (χ0v) is 19.0. The molecule has 0 spiro atoms. The predicted octanol–water partition coefficient (Wildman–Crippen LogP) is 4.96. The van der Waals surface area contributed by atoms with E-state index in [9.17, 15) is 14.9 Å². The van der Waals surface area contributed by atoms with E-state index in [0.717, 1.165) is 16.7 Å². The number of amides is 1. The summed E-state index contributed by atoms with van der Waals surface area (Å²) in [5.41, 5.74) is 3.14. The van der Waals surface area contributed by atoms with Crippen LogP contribution in [0.15, 0.2) is 77.2 Å². The van der Waals surface area contributed by atoms with Crippen LogP contribution in [-0.2, 0) is 4.79 Å². The van der Waals surface area contributed by atoms with Crippen LogP contribution in [0.3, 0.4) is 0 Å². The number of rotatable bonds is 5. The van der Waals surface area contributed by atoms with Gasteiger partial charge in [0.15, 0.2) is 0 Å². The molecule has 0 atom stereocenters. The minimum atomic E-state index is -0.630. The number of benzene rings is 2. The van der Waals surface area contributed by atoms with Gasteiger partial charge in [-0.15, -0.1) is 0 Å². The first-order chi connectivity index (χ1) is 16.4. The van der Waals surface area contributed by atoms with Crippen molar-refractivity contribution in [2.45, 2.75) is 20.8 Å². The Labute approximate surface area is 196 Å². The Morgan fingerprint density at radius 1 is 1.06 bits per heavy atom. The minimum Gasteiger partial charge on any atom is -0.438 e. The number of anilines is 1. The van der Waals surface area contributed by atoms with Crippen LogP contribution >= 0.6 is 0 Å². The van der Waals surface area contributed by atoms with E-state index in [4.69, 9.17) is 4.74 Å². The number of hydrogen-bond acceptors (Lipinski definition) is 5. The maximum Gasteiger partial charge on any atom is 0.269 e. The molecule has 2 heterocycles. The topological polar surface area (TPSA) is 96.5 Å². The molecule has 4 rings (SSSR count). The van der Waals surface area contributed by atoms with E-state index in [1.54, 1.807) is 36.5 Å². The summed E-state index contributed by atoms with van der Waals surface area (Å²) >= 11 is 0. The van der Waals surface area contributed by atoms with E-state index in [2.05, 4.69) is 10.3 Å². The Bertz CT molecular complexity index is 1530. The number of hydrogen-bond donors (Lipinski definition) is 1. The molecule has 7 heteroatoms. The van der Waals surface area contributed by atoms with Crippen molar-refractivity contribution in [2.75, 3.05) is 5.32 Å². The lowest BCUT2D eigenvalue weighted by atomic mass is 10.1. The largest absolute Gasteiger partial charge is 0.438 e. The summed E-state index contributed by atoms with van der Waals surface area (Å²) in [6, 6.07) is 19.9. The number of ether oxygens (including phenoxy) is 1. The molecule has 0 aliphatic heterocycles. The average Bonchev–Trinajstić information content (AvgIpc) is 2.83. The first kappa shape index (κ1) is 22.5. The molecule has 0 saturated heterocycles. The van der Waals surface area contributed by atoms with Crippen molar-refractivity contribution < 1.29 is 9.53 Å². The number of nitriles is 1. The van der Waals surface area contributed by atoms with Crippen LogP contribution in [0.2, 0.25) is 0 Å². The molecule has 1 N–H and O–H groups in total. The van der Waals surface area contributed by atoms with Crippen molar-refractivity contribution in [1.82, 2.24) is 9.38 Å². The van der Waals surface area contributed by atoms with Crippen molar-refractivity contribution in [3.63, 3.8) is 0 Å². The summed E-state index contributed by atoms with van der Waals surface area (Å²) in [4.78, 5) is 30.7. The third kappa shape index (κ3) is 4.71. The zero-order chi connectivity index (χ0) is 24.2. The van der Waals surface area contributed by atoms with Crippen LogP contribution in [0.4, 0.5) is 5.69 Å². The van der Waals surface area contributed by atoms with Gasteiger partial charge in [-0.3, -0.25) is 14.0 Å². The fraction of sp³-hybridized carbons (Fsp3) is 0.111. The molecule has 1 amide bonds. The molecule has 7 nitrogen and oxygen atoms in total. The van der Waals surface area contributed by atoms with Crippen LogP contribution in [-0.4, -0.2) is 15.3 Å². The Balaban J connectivity index is 1.80. The maximum atomic E-state index is 13.3. The van der Waals surface area contributed by atoms with E-state index in [1.807, 2.05) is 57.2 Å². The van der Waals surface area contributed by atoms with Crippen molar-refractivity contribution in [1.29, 1.82) is 5.26 Å². The molecule has 0 aliphatic carbocycles. The third-order valence-corrected chi connectivity index (χ3v) is 5.26. The average molecular weight is 450 g/mol. The van der Waals surface area contributed by atoms with Crippen molar-refractivity contribution in [3.8, 4) is 17.7 Å². The fourth-order valence-electron chi connectivity index (χ4n) is 3.35. The maximum absolute atomic E-state index is 13.3. The SMILES string of the molecule is Cc1ccc(Oc2nc3ccccn3c(=O)c2/C=C(/C#N)C(=O)Nc2cc(C)ccc2C)cc1. The molecule has 0 bridgehead atoms. The van der Waals surface area contributed by atoms with Gasteiger partial charge < -0.3 is 10.1 Å². The van der Waals surface area contributed by atoms with Gasteiger partial charge in [0.25, 0.3) is 11.5 Å². The number of nitrogens with one attached hydrogen (secondary N) is 1. The lowest BCUT2D eigenvalue weighted by Crippen LogP contribution is -2.20. The predicted molar refractivity (Wildman–Crippen MR) is 131 cm³/mol. The lowest BCUT2D eigenvalue weighted by Gasteiger charge is -2.11. The molecule has 2 aromatic carbocycles. The number of aromatic nitrogens is 2. The van der Waals surface area contributed by atoms with Crippen LogP contribution in [0.1, 0.15) is 22.3 Å². The number of carbonyl (C=O) groups excluding carboxylic acids is 1. The Morgan fingerprint density at radius 3 is 2.53 bits per heavy atom. The highest BCUT2D eigenvalue weighted by molar-refractivity contribution is 6.10. The first-order valence-electron chi connectivity index (χ1n) is 10.6. The molecule has 0 radical (unpaired) electrons. The highest BCUT2D eigenvalue weighted by Gasteiger charge is 2.18. The summed E-state index contributed by atoms with van der Waals surface area (Å²) in [5, 5.41) is 12.5. The van der Waals surface area contributed by atoms with Gasteiger partial charge in [0, 0.05) is 11.9 Å². The smallest absolute Gasteiger partial charge is 0.269 e. The van der Waals surface area contributed by atoms with Crippen LogP contribution in [0, 0.1) is 32.1 Å². The van der Waals surface area contributed by atoms with Gasteiger partial charge in [0.1, 0.15) is 28.6 Å². The summed E-state index contributed by atoms with van der Waals surface area (Å²) in [5.74, 6) is -0.145. The van der Waals surface area contributed by atoms with Gasteiger partial charge in [-0.25, -0.2) is 0 Å². The molecule has 0 unspecified atom stereocenters. The molecule has 168 valence electrons. The third-order valence-electron chi connectivity index (χ3n) is 5.26. The standard InChI is InChI=1S/C27H22N4O3/c1-17-8-11-21(12-9-17)34-26-22(27(33)31-13-5-4-6-24(31)30-26)15-20(16-28)25(32)29-23-14-18(2)7-10-19(23)3/h4-15H,1-3H3,(H,29,32)/b20-15-.